The van der Waals surface area contributed by atoms with Gasteiger partial charge in [-0.3, -0.25) is 9.69 Å². The summed E-state index contributed by atoms with van der Waals surface area (Å²) in [6.07, 6.45) is 4.07. The van der Waals surface area contributed by atoms with Crippen molar-refractivity contribution < 1.29 is 14.6 Å². The number of carbonyl (C=O) groups is 1. The fourth-order valence-corrected chi connectivity index (χ4v) is 2.35. The number of aliphatic carboxylic acids is 1. The van der Waals surface area contributed by atoms with E-state index in [0.29, 0.717) is 0 Å². The second-order valence-corrected chi connectivity index (χ2v) is 4.62. The quantitative estimate of drug-likeness (QED) is 0.797. The van der Waals surface area contributed by atoms with E-state index in [9.17, 15) is 9.90 Å². The minimum absolute atomic E-state index is 0.0694. The zero-order valence-corrected chi connectivity index (χ0v) is 10.5. The predicted molar refractivity (Wildman–Crippen MR) is 62.5 cm³/mol. The maximum Gasteiger partial charge on any atom is 0.320 e. The van der Waals surface area contributed by atoms with Crippen LogP contribution in [0.25, 0.3) is 0 Å². The third-order valence-corrected chi connectivity index (χ3v) is 3.65. The topological polar surface area (TPSA) is 49.8 Å². The molecule has 0 spiro atoms. The lowest BCUT2D eigenvalue weighted by Crippen LogP contribution is -2.50. The van der Waals surface area contributed by atoms with Crippen molar-refractivity contribution in [1.29, 1.82) is 0 Å². The second-order valence-electron chi connectivity index (χ2n) is 4.62. The first-order chi connectivity index (χ1) is 7.57. The summed E-state index contributed by atoms with van der Waals surface area (Å²) in [5.41, 5.74) is 0. The van der Waals surface area contributed by atoms with Gasteiger partial charge in [0.15, 0.2) is 0 Å². The first-order valence-corrected chi connectivity index (χ1v) is 6.09. The molecule has 16 heavy (non-hydrogen) atoms. The van der Waals surface area contributed by atoms with Gasteiger partial charge in [0.2, 0.25) is 0 Å². The van der Waals surface area contributed by atoms with Gasteiger partial charge in [0, 0.05) is 13.2 Å². The molecular formula is C12H23NO3. The van der Waals surface area contributed by atoms with Crippen LogP contribution >= 0.6 is 0 Å². The number of likely N-dealkylation sites (tertiary alicyclic amines) is 1. The molecule has 0 bridgehead atoms. The molecule has 4 heteroatoms. The summed E-state index contributed by atoms with van der Waals surface area (Å²) < 4.78 is 5.30. The Morgan fingerprint density at radius 3 is 2.62 bits per heavy atom. The third kappa shape index (κ3) is 3.19. The van der Waals surface area contributed by atoms with E-state index in [0.717, 1.165) is 32.2 Å². The van der Waals surface area contributed by atoms with Crippen LogP contribution < -0.4 is 0 Å². The van der Waals surface area contributed by atoms with Crippen molar-refractivity contribution in [2.45, 2.75) is 57.7 Å². The second kappa shape index (κ2) is 6.21. The van der Waals surface area contributed by atoms with Crippen LogP contribution in [0.1, 0.15) is 39.5 Å². The maximum absolute atomic E-state index is 11.3. The molecule has 0 saturated carbocycles. The van der Waals surface area contributed by atoms with Crippen molar-refractivity contribution >= 4 is 5.97 Å². The smallest absolute Gasteiger partial charge is 0.320 e. The molecule has 0 radical (unpaired) electrons. The van der Waals surface area contributed by atoms with Gasteiger partial charge >= 0.3 is 5.97 Å². The normalized spacial score (nSPS) is 27.1. The van der Waals surface area contributed by atoms with E-state index in [2.05, 4.69) is 11.8 Å². The highest BCUT2D eigenvalue weighted by atomic mass is 16.5. The summed E-state index contributed by atoms with van der Waals surface area (Å²) in [6.45, 7) is 4.91. The van der Waals surface area contributed by atoms with Crippen LogP contribution in [0.3, 0.4) is 0 Å². The van der Waals surface area contributed by atoms with Crippen LogP contribution in [0.15, 0.2) is 0 Å². The number of methoxy groups -OCH3 is 1. The summed E-state index contributed by atoms with van der Waals surface area (Å²) in [4.78, 5) is 13.3. The molecule has 0 aromatic heterocycles. The highest BCUT2D eigenvalue weighted by Crippen LogP contribution is 2.21. The maximum atomic E-state index is 11.3. The van der Waals surface area contributed by atoms with Crippen LogP contribution in [0.5, 0.6) is 0 Å². The molecule has 1 fully saturated rings. The lowest BCUT2D eigenvalue weighted by Gasteiger charge is -2.35. The van der Waals surface area contributed by atoms with Crippen molar-refractivity contribution in [2.24, 2.45) is 0 Å². The van der Waals surface area contributed by atoms with Gasteiger partial charge in [-0.15, -0.1) is 0 Å². The number of carboxylic acids is 1. The Morgan fingerprint density at radius 2 is 2.06 bits per heavy atom. The SMILES string of the molecule is COC(C)C(C)N1CCCCCC1C(=O)O. The summed E-state index contributed by atoms with van der Waals surface area (Å²) >= 11 is 0. The van der Waals surface area contributed by atoms with E-state index in [1.807, 2.05) is 6.92 Å². The highest BCUT2D eigenvalue weighted by Gasteiger charge is 2.32. The van der Waals surface area contributed by atoms with Crippen molar-refractivity contribution in [3.8, 4) is 0 Å². The van der Waals surface area contributed by atoms with Crippen LogP contribution in [0.4, 0.5) is 0 Å². The van der Waals surface area contributed by atoms with Crippen LogP contribution in [-0.2, 0) is 9.53 Å². The average molecular weight is 229 g/mol. The minimum atomic E-state index is -0.697. The Morgan fingerprint density at radius 1 is 1.38 bits per heavy atom. The summed E-state index contributed by atoms with van der Waals surface area (Å²) in [5.74, 6) is -0.697. The minimum Gasteiger partial charge on any atom is -0.480 e. The first kappa shape index (κ1) is 13.5. The molecule has 1 rings (SSSR count). The predicted octanol–water partition coefficient (Wildman–Crippen LogP) is 1.74. The number of hydrogen-bond donors (Lipinski definition) is 1. The molecule has 94 valence electrons. The lowest BCUT2D eigenvalue weighted by atomic mass is 10.1. The van der Waals surface area contributed by atoms with Gasteiger partial charge < -0.3 is 9.84 Å². The molecule has 0 amide bonds. The van der Waals surface area contributed by atoms with Crippen LogP contribution in [0, 0.1) is 0 Å². The fraction of sp³-hybridized carbons (Fsp3) is 0.917. The first-order valence-electron chi connectivity index (χ1n) is 6.09. The molecule has 1 saturated heterocycles. The van der Waals surface area contributed by atoms with Gasteiger partial charge in [0.05, 0.1) is 6.10 Å². The summed E-state index contributed by atoms with van der Waals surface area (Å²) in [7, 11) is 1.68. The highest BCUT2D eigenvalue weighted by molar-refractivity contribution is 5.73. The summed E-state index contributed by atoms with van der Waals surface area (Å²) in [5, 5.41) is 9.25. The zero-order chi connectivity index (χ0) is 12.1. The molecule has 4 nitrogen and oxygen atoms in total. The van der Waals surface area contributed by atoms with E-state index in [-0.39, 0.29) is 18.2 Å². The van der Waals surface area contributed by atoms with Gasteiger partial charge in [-0.2, -0.15) is 0 Å². The third-order valence-electron chi connectivity index (χ3n) is 3.65. The monoisotopic (exact) mass is 229 g/mol. The van der Waals surface area contributed by atoms with Gasteiger partial charge in [0.25, 0.3) is 0 Å². The summed E-state index contributed by atoms with van der Waals surface area (Å²) in [6, 6.07) is -0.181. The standard InChI is InChI=1S/C12H23NO3/c1-9(10(2)16-3)13-8-6-4-5-7-11(13)12(14)15/h9-11H,4-8H2,1-3H3,(H,14,15). The number of hydrogen-bond acceptors (Lipinski definition) is 3. The van der Waals surface area contributed by atoms with Crippen molar-refractivity contribution in [3.05, 3.63) is 0 Å². The van der Waals surface area contributed by atoms with Crippen molar-refractivity contribution in [3.63, 3.8) is 0 Å². The number of ether oxygens (including phenoxy) is 1. The molecule has 1 aliphatic heterocycles. The Hall–Kier alpha value is -0.610. The molecule has 0 aliphatic carbocycles. The molecule has 3 unspecified atom stereocenters. The molecule has 1 aliphatic rings. The molecule has 1 N–H and O–H groups in total. The lowest BCUT2D eigenvalue weighted by molar-refractivity contribution is -0.145. The Bertz CT molecular complexity index is 232. The molecule has 0 aromatic rings. The number of rotatable bonds is 4. The van der Waals surface area contributed by atoms with Crippen molar-refractivity contribution in [1.82, 2.24) is 4.90 Å². The van der Waals surface area contributed by atoms with Crippen molar-refractivity contribution in [2.75, 3.05) is 13.7 Å². The van der Waals surface area contributed by atoms with Gasteiger partial charge in [-0.1, -0.05) is 12.8 Å². The average Bonchev–Trinajstić information content (AvgIpc) is 2.52. The van der Waals surface area contributed by atoms with E-state index in [1.165, 1.54) is 0 Å². The van der Waals surface area contributed by atoms with E-state index >= 15 is 0 Å². The Labute approximate surface area is 97.6 Å². The van der Waals surface area contributed by atoms with Gasteiger partial charge in [-0.25, -0.2) is 0 Å². The van der Waals surface area contributed by atoms with E-state index < -0.39 is 5.97 Å². The zero-order valence-electron chi connectivity index (χ0n) is 10.5. The van der Waals surface area contributed by atoms with Crippen LogP contribution in [-0.4, -0.2) is 47.8 Å². The molecule has 3 atom stereocenters. The molecule has 0 aromatic carbocycles. The van der Waals surface area contributed by atoms with Gasteiger partial charge in [0.1, 0.15) is 6.04 Å². The Kier molecular flexibility index (Phi) is 5.22. The fourth-order valence-electron chi connectivity index (χ4n) is 2.35. The molecular weight excluding hydrogens is 206 g/mol. The van der Waals surface area contributed by atoms with E-state index in [4.69, 9.17) is 4.74 Å². The van der Waals surface area contributed by atoms with Crippen LogP contribution in [0.2, 0.25) is 0 Å². The number of carboxylic acid groups (broad SMARTS) is 1. The van der Waals surface area contributed by atoms with E-state index in [1.54, 1.807) is 7.11 Å². The molecule has 1 heterocycles. The van der Waals surface area contributed by atoms with Gasteiger partial charge in [-0.05, 0) is 33.2 Å². The number of nitrogens with zero attached hydrogens (tertiary/aromatic N) is 1. The Balaban J connectivity index is 2.74. The largest absolute Gasteiger partial charge is 0.480 e.